The van der Waals surface area contributed by atoms with Gasteiger partial charge in [-0.05, 0) is 31.4 Å². The second kappa shape index (κ2) is 12.1. The third-order valence-corrected chi connectivity index (χ3v) is 4.16. The lowest BCUT2D eigenvalue weighted by molar-refractivity contribution is 0.0258. The van der Waals surface area contributed by atoms with E-state index >= 15 is 0 Å². The van der Waals surface area contributed by atoms with E-state index in [4.69, 9.17) is 4.74 Å². The molecule has 1 aromatic carbocycles. The highest BCUT2D eigenvalue weighted by atomic mass is 127. The number of aromatic amines is 1. The number of halogens is 1. The van der Waals surface area contributed by atoms with Crippen LogP contribution in [-0.2, 0) is 11.2 Å². The molecule has 0 aliphatic carbocycles. The fourth-order valence-electron chi connectivity index (χ4n) is 2.80. The number of nitrogens with zero attached hydrogens (tertiary/aromatic N) is 2. The van der Waals surface area contributed by atoms with Crippen LogP contribution in [0.5, 0.6) is 0 Å². The van der Waals surface area contributed by atoms with Crippen LogP contribution in [0.25, 0.3) is 11.0 Å². The van der Waals surface area contributed by atoms with Gasteiger partial charge in [-0.15, -0.1) is 24.0 Å². The van der Waals surface area contributed by atoms with E-state index in [-0.39, 0.29) is 30.1 Å². The molecule has 1 unspecified atom stereocenters. The van der Waals surface area contributed by atoms with Crippen molar-refractivity contribution in [2.24, 2.45) is 10.9 Å². The minimum absolute atomic E-state index is 0. The Morgan fingerprint density at radius 1 is 1.23 bits per heavy atom. The fraction of sp³-hybridized carbons (Fsp3) is 0.579. The van der Waals surface area contributed by atoms with Crippen molar-refractivity contribution < 1.29 is 4.74 Å². The van der Waals surface area contributed by atoms with Crippen LogP contribution >= 0.6 is 24.0 Å². The monoisotopic (exact) mass is 473 g/mol. The molecule has 0 amide bonds. The quantitative estimate of drug-likeness (QED) is 0.297. The van der Waals surface area contributed by atoms with Gasteiger partial charge in [-0.2, -0.15) is 0 Å². The lowest BCUT2D eigenvalue weighted by Gasteiger charge is -2.21. The summed E-state index contributed by atoms with van der Waals surface area (Å²) in [5.41, 5.74) is 2.09. The molecule has 6 nitrogen and oxygen atoms in total. The molecule has 0 aliphatic heterocycles. The predicted octanol–water partition coefficient (Wildman–Crippen LogP) is 3.34. The number of hydrogen-bond donors (Lipinski definition) is 3. The summed E-state index contributed by atoms with van der Waals surface area (Å²) >= 11 is 0. The molecule has 1 heterocycles. The molecule has 7 heteroatoms. The van der Waals surface area contributed by atoms with Crippen LogP contribution < -0.4 is 10.6 Å². The first-order valence-electron chi connectivity index (χ1n) is 9.13. The summed E-state index contributed by atoms with van der Waals surface area (Å²) in [7, 11) is 1.79. The molecule has 0 fully saturated rings. The third-order valence-electron chi connectivity index (χ3n) is 4.16. The minimum Gasteiger partial charge on any atom is -0.378 e. The Balaban J connectivity index is 0.00000338. The van der Waals surface area contributed by atoms with Crippen molar-refractivity contribution in [3.8, 4) is 0 Å². The van der Waals surface area contributed by atoms with E-state index in [0.29, 0.717) is 5.92 Å². The van der Waals surface area contributed by atoms with Crippen molar-refractivity contribution in [2.45, 2.75) is 39.7 Å². The Morgan fingerprint density at radius 2 is 1.96 bits per heavy atom. The number of para-hydroxylation sites is 2. The average molecular weight is 473 g/mol. The molecular formula is C19H32IN5O. The van der Waals surface area contributed by atoms with E-state index < -0.39 is 0 Å². The molecule has 0 saturated carbocycles. The number of rotatable bonds is 9. The molecular weight excluding hydrogens is 441 g/mol. The van der Waals surface area contributed by atoms with Gasteiger partial charge < -0.3 is 20.4 Å². The van der Waals surface area contributed by atoms with Gasteiger partial charge in [-0.25, -0.2) is 4.98 Å². The smallest absolute Gasteiger partial charge is 0.190 e. The van der Waals surface area contributed by atoms with Crippen LogP contribution in [0.15, 0.2) is 29.3 Å². The van der Waals surface area contributed by atoms with Crippen LogP contribution in [0, 0.1) is 5.92 Å². The van der Waals surface area contributed by atoms with E-state index in [0.717, 1.165) is 55.4 Å². The number of aromatic nitrogens is 2. The molecule has 0 radical (unpaired) electrons. The van der Waals surface area contributed by atoms with Crippen LogP contribution in [0.1, 0.15) is 33.0 Å². The second-order valence-corrected chi connectivity index (χ2v) is 6.40. The maximum atomic E-state index is 5.77. The van der Waals surface area contributed by atoms with Gasteiger partial charge in [0.25, 0.3) is 0 Å². The predicted molar refractivity (Wildman–Crippen MR) is 119 cm³/mol. The Kier molecular flexibility index (Phi) is 10.6. The number of ether oxygens (including phenoxy) is 1. The highest BCUT2D eigenvalue weighted by Gasteiger charge is 2.13. The summed E-state index contributed by atoms with van der Waals surface area (Å²) in [6, 6.07) is 8.08. The number of benzene rings is 1. The summed E-state index contributed by atoms with van der Waals surface area (Å²) in [5.74, 6) is 2.32. The Morgan fingerprint density at radius 3 is 2.62 bits per heavy atom. The highest BCUT2D eigenvalue weighted by Crippen LogP contribution is 2.11. The first-order chi connectivity index (χ1) is 12.1. The molecule has 2 aromatic rings. The topological polar surface area (TPSA) is 74.3 Å². The normalized spacial score (nSPS) is 12.9. The van der Waals surface area contributed by atoms with Gasteiger partial charge in [0.1, 0.15) is 5.82 Å². The number of aliphatic imine (C=N–C) groups is 1. The first kappa shape index (κ1) is 22.7. The molecule has 0 aliphatic rings. The summed E-state index contributed by atoms with van der Waals surface area (Å²) in [4.78, 5) is 12.2. The van der Waals surface area contributed by atoms with Gasteiger partial charge in [-0.3, -0.25) is 4.99 Å². The SMILES string of the molecule is CCOC(CCNC(=NC)NCCc1nc2ccccc2[nH]1)C(C)C.I. The van der Waals surface area contributed by atoms with Gasteiger partial charge in [0.2, 0.25) is 0 Å². The molecule has 26 heavy (non-hydrogen) atoms. The van der Waals surface area contributed by atoms with Crippen molar-refractivity contribution in [1.82, 2.24) is 20.6 Å². The van der Waals surface area contributed by atoms with E-state index in [2.05, 4.69) is 39.4 Å². The molecule has 146 valence electrons. The summed E-state index contributed by atoms with van der Waals surface area (Å²) in [6.45, 7) is 8.81. The number of guanidine groups is 1. The molecule has 0 spiro atoms. The number of nitrogens with one attached hydrogen (secondary N) is 3. The van der Waals surface area contributed by atoms with Crippen LogP contribution in [-0.4, -0.2) is 48.8 Å². The van der Waals surface area contributed by atoms with Crippen molar-refractivity contribution in [3.63, 3.8) is 0 Å². The fourth-order valence-corrected chi connectivity index (χ4v) is 2.80. The molecule has 3 N–H and O–H groups in total. The van der Waals surface area contributed by atoms with Crippen molar-refractivity contribution >= 4 is 41.0 Å². The van der Waals surface area contributed by atoms with Crippen molar-refractivity contribution in [3.05, 3.63) is 30.1 Å². The Hall–Kier alpha value is -1.35. The standard InChI is InChI=1S/C19H31N5O.HI/c1-5-25-17(14(2)3)10-12-21-19(20-4)22-13-11-18-23-15-8-6-7-9-16(15)24-18;/h6-9,14,17H,5,10-13H2,1-4H3,(H,23,24)(H2,20,21,22);1H. The van der Waals surface area contributed by atoms with Crippen LogP contribution in [0.3, 0.4) is 0 Å². The number of H-pyrrole nitrogens is 1. The van der Waals surface area contributed by atoms with Gasteiger partial charge >= 0.3 is 0 Å². The summed E-state index contributed by atoms with van der Waals surface area (Å²) in [5, 5.41) is 6.69. The zero-order chi connectivity index (χ0) is 18.1. The zero-order valence-electron chi connectivity index (χ0n) is 16.2. The summed E-state index contributed by atoms with van der Waals surface area (Å²) in [6.07, 6.45) is 2.07. The Labute approximate surface area is 173 Å². The maximum Gasteiger partial charge on any atom is 0.190 e. The van der Waals surface area contributed by atoms with Crippen LogP contribution in [0.2, 0.25) is 0 Å². The van der Waals surface area contributed by atoms with Gasteiger partial charge in [0, 0.05) is 33.2 Å². The van der Waals surface area contributed by atoms with Gasteiger partial charge in [-0.1, -0.05) is 26.0 Å². The van der Waals surface area contributed by atoms with E-state index in [1.807, 2.05) is 31.2 Å². The van der Waals surface area contributed by atoms with E-state index in [1.54, 1.807) is 7.05 Å². The van der Waals surface area contributed by atoms with Gasteiger partial charge in [0.15, 0.2) is 5.96 Å². The maximum absolute atomic E-state index is 5.77. The highest BCUT2D eigenvalue weighted by molar-refractivity contribution is 14.0. The number of imidazole rings is 1. The second-order valence-electron chi connectivity index (χ2n) is 6.40. The molecule has 0 saturated heterocycles. The molecule has 1 aromatic heterocycles. The number of hydrogen-bond acceptors (Lipinski definition) is 3. The third kappa shape index (κ3) is 7.11. The molecule has 0 bridgehead atoms. The van der Waals surface area contributed by atoms with Crippen molar-refractivity contribution in [1.29, 1.82) is 0 Å². The summed E-state index contributed by atoms with van der Waals surface area (Å²) < 4.78 is 5.77. The average Bonchev–Trinajstić information content (AvgIpc) is 3.02. The molecule has 2 rings (SSSR count). The van der Waals surface area contributed by atoms with Gasteiger partial charge in [0.05, 0.1) is 17.1 Å². The van der Waals surface area contributed by atoms with Crippen LogP contribution in [0.4, 0.5) is 0 Å². The Bertz CT molecular complexity index is 638. The lowest BCUT2D eigenvalue weighted by Crippen LogP contribution is -2.40. The largest absolute Gasteiger partial charge is 0.378 e. The van der Waals surface area contributed by atoms with E-state index in [9.17, 15) is 0 Å². The number of fused-ring (bicyclic) bond motifs is 1. The minimum atomic E-state index is 0. The first-order valence-corrected chi connectivity index (χ1v) is 9.13. The lowest BCUT2D eigenvalue weighted by atomic mass is 10.0. The van der Waals surface area contributed by atoms with Crippen molar-refractivity contribution in [2.75, 3.05) is 26.7 Å². The molecule has 1 atom stereocenters. The zero-order valence-corrected chi connectivity index (χ0v) is 18.5. The van der Waals surface area contributed by atoms with E-state index in [1.165, 1.54) is 0 Å².